The van der Waals surface area contributed by atoms with Crippen molar-refractivity contribution in [3.63, 3.8) is 0 Å². The molecule has 10 aromatic rings. The molecule has 6 bridgehead atoms. The van der Waals surface area contributed by atoms with Crippen molar-refractivity contribution in [2.45, 2.75) is 12.8 Å². The van der Waals surface area contributed by atoms with Crippen LogP contribution in [0.5, 0.6) is 0 Å². The van der Waals surface area contributed by atoms with Gasteiger partial charge in [-0.3, -0.25) is 0 Å². The first-order valence-corrected chi connectivity index (χ1v) is 16.9. The molecule has 0 amide bonds. The number of aryl methyl sites for hydroxylation is 1. The first-order chi connectivity index (χ1) is 23.8. The van der Waals surface area contributed by atoms with Gasteiger partial charge < -0.3 is 8.80 Å². The number of nitrogens with zero attached hydrogens (tertiary/aromatic N) is 2. The maximum Gasteiger partial charge on any atom is 0.0547 e. The molecule has 2 heteroatoms. The number of fused-ring (bicyclic) bond motifs is 16. The Bertz CT molecular complexity index is 2890. The highest BCUT2D eigenvalue weighted by atomic mass is 14.9. The van der Waals surface area contributed by atoms with Gasteiger partial charge in [-0.15, -0.1) is 0 Å². The lowest BCUT2D eigenvalue weighted by Gasteiger charge is -2.17. The van der Waals surface area contributed by atoms with Crippen molar-refractivity contribution in [3.05, 3.63) is 168 Å². The summed E-state index contributed by atoms with van der Waals surface area (Å²) < 4.78 is 5.00. The summed E-state index contributed by atoms with van der Waals surface area (Å²) >= 11 is 0. The summed E-state index contributed by atoms with van der Waals surface area (Å²) in [7, 11) is 0. The summed E-state index contributed by atoms with van der Waals surface area (Å²) in [5.74, 6) is 0. The van der Waals surface area contributed by atoms with Crippen molar-refractivity contribution in [1.29, 1.82) is 0 Å². The minimum atomic E-state index is 1.02. The molecule has 2 nitrogen and oxygen atoms in total. The number of para-hydroxylation sites is 2. The highest BCUT2D eigenvalue weighted by molar-refractivity contribution is 6.16. The van der Waals surface area contributed by atoms with Crippen molar-refractivity contribution in [2.24, 2.45) is 0 Å². The van der Waals surface area contributed by atoms with Gasteiger partial charge in [0.1, 0.15) is 0 Å². The highest BCUT2D eigenvalue weighted by Gasteiger charge is 2.16. The summed E-state index contributed by atoms with van der Waals surface area (Å²) in [4.78, 5) is 0. The van der Waals surface area contributed by atoms with E-state index in [1.165, 1.54) is 98.5 Å². The average Bonchev–Trinajstić information content (AvgIpc) is 3.66. The third kappa shape index (κ3) is 3.63. The number of hydrogen-bond donors (Lipinski definition) is 0. The molecule has 0 aliphatic heterocycles. The van der Waals surface area contributed by atoms with E-state index in [-0.39, 0.29) is 0 Å². The molecular weight excluding hydrogens is 581 g/mol. The molecule has 0 atom stereocenters. The van der Waals surface area contributed by atoms with E-state index in [1.54, 1.807) is 0 Å². The van der Waals surface area contributed by atoms with Gasteiger partial charge in [-0.05, 0) is 99.1 Å². The van der Waals surface area contributed by atoms with E-state index in [9.17, 15) is 0 Å². The zero-order valence-electron chi connectivity index (χ0n) is 26.3. The molecule has 1 aliphatic carbocycles. The molecular formula is C46H30N2. The van der Waals surface area contributed by atoms with Gasteiger partial charge >= 0.3 is 0 Å². The van der Waals surface area contributed by atoms with Crippen LogP contribution in [0.2, 0.25) is 0 Å². The van der Waals surface area contributed by atoms with Crippen LogP contribution in [0.3, 0.4) is 0 Å². The minimum Gasteiger partial charge on any atom is -0.309 e. The van der Waals surface area contributed by atoms with Crippen LogP contribution in [0.1, 0.15) is 23.1 Å². The van der Waals surface area contributed by atoms with Gasteiger partial charge in [0.05, 0.1) is 22.1 Å². The first kappa shape index (κ1) is 26.0. The standard InChI is InChI=1S/C46H30N2/c1-2-10-30-23-31(18-17-29(30)9-1)34-24-35-28-36(25-34)48-44-16-8-6-14-40(44)42-22-20-33(27-46(42)48)38-12-4-3-11-37(38)32-19-21-41-39-13-5-7-15-43(39)47(35)45(41)26-32/h1-16,19-28H,17-18H2. The number of hydrogen-bond acceptors (Lipinski definition) is 0. The van der Waals surface area contributed by atoms with Gasteiger partial charge in [-0.2, -0.15) is 0 Å². The third-order valence-corrected chi connectivity index (χ3v) is 10.7. The van der Waals surface area contributed by atoms with E-state index < -0.39 is 0 Å². The summed E-state index contributed by atoms with van der Waals surface area (Å²) in [5, 5.41) is 10.0. The van der Waals surface area contributed by atoms with Crippen molar-refractivity contribution >= 4 is 87.8 Å². The molecule has 3 heterocycles. The zero-order chi connectivity index (χ0) is 31.3. The Balaban J connectivity index is 1.44. The lowest BCUT2D eigenvalue weighted by atomic mass is 9.88. The van der Waals surface area contributed by atoms with Crippen LogP contribution in [0.4, 0.5) is 0 Å². The lowest BCUT2D eigenvalue weighted by molar-refractivity contribution is 1.00. The maximum atomic E-state index is 2.50. The van der Waals surface area contributed by atoms with Crippen LogP contribution in [0.25, 0.3) is 87.8 Å². The smallest absolute Gasteiger partial charge is 0.0547 e. The molecule has 0 N–H and O–H groups in total. The molecule has 0 radical (unpaired) electrons. The van der Waals surface area contributed by atoms with Gasteiger partial charge in [-0.25, -0.2) is 0 Å². The lowest BCUT2D eigenvalue weighted by Crippen LogP contribution is -1.99. The van der Waals surface area contributed by atoms with Crippen LogP contribution in [-0.4, -0.2) is 8.80 Å². The predicted molar refractivity (Wildman–Crippen MR) is 205 cm³/mol. The van der Waals surface area contributed by atoms with Gasteiger partial charge in [-0.1, -0.05) is 115 Å². The zero-order valence-corrected chi connectivity index (χ0v) is 26.3. The quantitative estimate of drug-likeness (QED) is 0.175. The van der Waals surface area contributed by atoms with Gasteiger partial charge in [0.2, 0.25) is 0 Å². The van der Waals surface area contributed by atoms with Crippen LogP contribution < -0.4 is 0 Å². The Kier molecular flexibility index (Phi) is 5.25. The minimum absolute atomic E-state index is 1.02. The number of allylic oxidation sites excluding steroid dienone is 1. The van der Waals surface area contributed by atoms with Crippen molar-refractivity contribution in [1.82, 2.24) is 8.80 Å². The molecule has 0 saturated carbocycles. The topological polar surface area (TPSA) is 8.82 Å². The maximum absolute atomic E-state index is 2.50. The summed E-state index contributed by atoms with van der Waals surface area (Å²) in [6, 6.07) is 56.8. The van der Waals surface area contributed by atoms with Crippen molar-refractivity contribution in [3.8, 4) is 0 Å². The second kappa shape index (κ2) is 9.70. The Morgan fingerprint density at radius 3 is 1.48 bits per heavy atom. The third-order valence-electron chi connectivity index (χ3n) is 10.7. The van der Waals surface area contributed by atoms with Crippen LogP contribution in [0, 0.1) is 0 Å². The number of rotatable bonds is 1. The van der Waals surface area contributed by atoms with E-state index in [0.29, 0.717) is 0 Å². The first-order valence-electron chi connectivity index (χ1n) is 16.9. The van der Waals surface area contributed by atoms with E-state index in [4.69, 9.17) is 0 Å². The van der Waals surface area contributed by atoms with Gasteiger partial charge in [0, 0.05) is 32.6 Å². The van der Waals surface area contributed by atoms with Crippen molar-refractivity contribution < 1.29 is 0 Å². The van der Waals surface area contributed by atoms with E-state index in [1.807, 2.05) is 0 Å². The Hall–Kier alpha value is -6.12. The molecule has 7 aromatic carbocycles. The van der Waals surface area contributed by atoms with Crippen LogP contribution >= 0.6 is 0 Å². The molecule has 0 fully saturated rings. The summed E-state index contributed by atoms with van der Waals surface area (Å²) in [5.41, 5.74) is 12.7. The summed E-state index contributed by atoms with van der Waals surface area (Å²) in [6.07, 6.45) is 4.49. The fraction of sp³-hybridized carbons (Fsp3) is 0.0435. The fourth-order valence-corrected chi connectivity index (χ4v) is 8.52. The highest BCUT2D eigenvalue weighted by Crippen LogP contribution is 2.38. The van der Waals surface area contributed by atoms with E-state index in [2.05, 4.69) is 167 Å². The molecule has 3 aromatic heterocycles. The monoisotopic (exact) mass is 610 g/mol. The molecule has 48 heavy (non-hydrogen) atoms. The predicted octanol–water partition coefficient (Wildman–Crippen LogP) is 12.2. The summed E-state index contributed by atoms with van der Waals surface area (Å²) in [6.45, 7) is 0. The number of aromatic nitrogens is 2. The largest absolute Gasteiger partial charge is 0.309 e. The fourth-order valence-electron chi connectivity index (χ4n) is 8.52. The number of benzene rings is 7. The Morgan fingerprint density at radius 2 is 0.875 bits per heavy atom. The molecule has 224 valence electrons. The van der Waals surface area contributed by atoms with Crippen molar-refractivity contribution in [2.75, 3.05) is 0 Å². The molecule has 11 rings (SSSR count). The van der Waals surface area contributed by atoms with Gasteiger partial charge in [0.15, 0.2) is 0 Å². The van der Waals surface area contributed by atoms with Gasteiger partial charge in [0.25, 0.3) is 0 Å². The average molecular weight is 611 g/mol. The Morgan fingerprint density at radius 1 is 0.375 bits per heavy atom. The molecule has 1 aliphatic rings. The molecule has 0 unspecified atom stereocenters. The SMILES string of the molecule is C1=C(c2cc3cc(c2)n2c4ccccc4c4ccc(cc42)c2ccccc2c2ccc4c5ccccc5n3c4c2)CCc2ccccc21. The molecule has 0 spiro atoms. The normalized spacial score (nSPS) is 13.4. The second-order valence-electron chi connectivity index (χ2n) is 13.3. The van der Waals surface area contributed by atoms with E-state index >= 15 is 0 Å². The van der Waals surface area contributed by atoms with E-state index in [0.717, 1.165) is 12.8 Å². The van der Waals surface area contributed by atoms with Crippen LogP contribution in [0.15, 0.2) is 152 Å². The molecule has 0 saturated heterocycles. The Labute approximate surface area is 277 Å². The van der Waals surface area contributed by atoms with Crippen LogP contribution in [-0.2, 0) is 6.42 Å². The second-order valence-corrected chi connectivity index (χ2v) is 13.3.